The van der Waals surface area contributed by atoms with Gasteiger partial charge in [0.25, 0.3) is 5.91 Å². The highest BCUT2D eigenvalue weighted by atomic mass is 32.1. The molecule has 1 N–H and O–H groups in total. The van der Waals surface area contributed by atoms with Crippen LogP contribution in [0.5, 0.6) is 0 Å². The van der Waals surface area contributed by atoms with Gasteiger partial charge in [-0.1, -0.05) is 30.3 Å². The van der Waals surface area contributed by atoms with Crippen LogP contribution >= 0.6 is 11.3 Å². The Morgan fingerprint density at radius 3 is 2.50 bits per heavy atom. The monoisotopic (exact) mass is 260 g/mol. The van der Waals surface area contributed by atoms with Crippen molar-refractivity contribution in [1.82, 2.24) is 10.3 Å². The number of rotatable bonds is 2. The summed E-state index contributed by atoms with van der Waals surface area (Å²) in [5, 5.41) is 2.94. The number of nitrogens with zero attached hydrogens (tertiary/aromatic N) is 1. The third-order valence-corrected chi connectivity index (χ3v) is 3.18. The van der Waals surface area contributed by atoms with Crippen LogP contribution in [0.25, 0.3) is 10.4 Å². The van der Waals surface area contributed by atoms with Gasteiger partial charge < -0.3 is 5.32 Å². The van der Waals surface area contributed by atoms with Crippen molar-refractivity contribution in [3.63, 3.8) is 0 Å². The molecule has 0 spiro atoms. The molecule has 1 aromatic carbocycles. The molecule has 3 nitrogen and oxygen atoms in total. The maximum Gasteiger partial charge on any atom is 0.271 e. The molecule has 4 heteroatoms. The van der Waals surface area contributed by atoms with Crippen LogP contribution in [0.3, 0.4) is 0 Å². The molecule has 1 amide bonds. The number of thiazole rings is 1. The minimum absolute atomic E-state index is 0.123. The predicted molar refractivity (Wildman–Crippen MR) is 74.8 cm³/mol. The average molecular weight is 260 g/mol. The number of hydrogen-bond acceptors (Lipinski definition) is 3. The minimum Gasteiger partial charge on any atom is -0.346 e. The SMILES string of the molecule is CC(C)(C)NC(=O)c1ncsc1-c1ccccc1. The van der Waals surface area contributed by atoms with E-state index in [0.29, 0.717) is 5.69 Å². The van der Waals surface area contributed by atoms with Crippen molar-refractivity contribution in [2.45, 2.75) is 26.3 Å². The summed E-state index contributed by atoms with van der Waals surface area (Å²) in [6.45, 7) is 5.87. The summed E-state index contributed by atoms with van der Waals surface area (Å²) in [6.07, 6.45) is 0. The van der Waals surface area contributed by atoms with Gasteiger partial charge >= 0.3 is 0 Å². The van der Waals surface area contributed by atoms with Crippen molar-refractivity contribution in [3.8, 4) is 10.4 Å². The average Bonchev–Trinajstić information content (AvgIpc) is 2.76. The van der Waals surface area contributed by atoms with Crippen LogP contribution in [0.4, 0.5) is 0 Å². The lowest BCUT2D eigenvalue weighted by Crippen LogP contribution is -2.40. The smallest absolute Gasteiger partial charge is 0.271 e. The highest BCUT2D eigenvalue weighted by Crippen LogP contribution is 2.27. The molecule has 0 aliphatic heterocycles. The fourth-order valence-electron chi connectivity index (χ4n) is 1.60. The van der Waals surface area contributed by atoms with E-state index in [0.717, 1.165) is 10.4 Å². The molecular weight excluding hydrogens is 244 g/mol. The fourth-order valence-corrected chi connectivity index (χ4v) is 2.39. The van der Waals surface area contributed by atoms with Gasteiger partial charge in [-0.3, -0.25) is 4.79 Å². The molecule has 0 aliphatic carbocycles. The molecule has 2 rings (SSSR count). The van der Waals surface area contributed by atoms with E-state index >= 15 is 0 Å². The van der Waals surface area contributed by atoms with Crippen LogP contribution in [-0.4, -0.2) is 16.4 Å². The topological polar surface area (TPSA) is 42.0 Å². The van der Waals surface area contributed by atoms with Gasteiger partial charge in [-0.2, -0.15) is 0 Å². The summed E-state index contributed by atoms with van der Waals surface area (Å²) < 4.78 is 0. The van der Waals surface area contributed by atoms with Gasteiger partial charge in [0, 0.05) is 5.54 Å². The molecule has 1 aromatic heterocycles. The molecule has 0 aliphatic rings. The molecule has 94 valence electrons. The van der Waals surface area contributed by atoms with E-state index in [4.69, 9.17) is 0 Å². The number of amides is 1. The van der Waals surface area contributed by atoms with Crippen LogP contribution in [0.1, 0.15) is 31.3 Å². The summed E-state index contributed by atoms with van der Waals surface area (Å²) in [5.41, 5.74) is 2.98. The lowest BCUT2D eigenvalue weighted by Gasteiger charge is -2.20. The summed E-state index contributed by atoms with van der Waals surface area (Å²) in [7, 11) is 0. The Morgan fingerprint density at radius 1 is 1.22 bits per heavy atom. The standard InChI is InChI=1S/C14H16N2OS/c1-14(2,3)16-13(17)11-12(18-9-15-11)10-7-5-4-6-8-10/h4-9H,1-3H3,(H,16,17). The van der Waals surface area contributed by atoms with Crippen molar-refractivity contribution in [2.24, 2.45) is 0 Å². The number of benzene rings is 1. The van der Waals surface area contributed by atoms with E-state index in [1.54, 1.807) is 5.51 Å². The predicted octanol–water partition coefficient (Wildman–Crippen LogP) is 3.34. The van der Waals surface area contributed by atoms with E-state index in [2.05, 4.69) is 10.3 Å². The minimum atomic E-state index is -0.255. The van der Waals surface area contributed by atoms with Gasteiger partial charge in [0.05, 0.1) is 10.4 Å². The van der Waals surface area contributed by atoms with Crippen LogP contribution in [0.2, 0.25) is 0 Å². The first-order valence-electron chi connectivity index (χ1n) is 5.79. The highest BCUT2D eigenvalue weighted by molar-refractivity contribution is 7.13. The third-order valence-electron chi connectivity index (χ3n) is 2.31. The molecule has 1 heterocycles. The second-order valence-corrected chi connectivity index (χ2v) is 5.96. The zero-order valence-corrected chi connectivity index (χ0v) is 11.5. The van der Waals surface area contributed by atoms with E-state index in [1.165, 1.54) is 11.3 Å². The van der Waals surface area contributed by atoms with Crippen molar-refractivity contribution >= 4 is 17.2 Å². The number of carbonyl (C=O) groups is 1. The maximum atomic E-state index is 12.1. The van der Waals surface area contributed by atoms with Crippen LogP contribution in [0.15, 0.2) is 35.8 Å². The highest BCUT2D eigenvalue weighted by Gasteiger charge is 2.20. The Kier molecular flexibility index (Phi) is 3.48. The first-order valence-corrected chi connectivity index (χ1v) is 6.67. The van der Waals surface area contributed by atoms with Crippen molar-refractivity contribution in [2.75, 3.05) is 0 Å². The molecule has 0 bridgehead atoms. The number of nitrogens with one attached hydrogen (secondary N) is 1. The molecule has 0 atom stereocenters. The fraction of sp³-hybridized carbons (Fsp3) is 0.286. The largest absolute Gasteiger partial charge is 0.346 e. The quantitative estimate of drug-likeness (QED) is 0.899. The lowest BCUT2D eigenvalue weighted by atomic mass is 10.1. The molecule has 18 heavy (non-hydrogen) atoms. The van der Waals surface area contributed by atoms with Crippen LogP contribution < -0.4 is 5.32 Å². The molecule has 0 fully saturated rings. The van der Waals surface area contributed by atoms with Crippen LogP contribution in [-0.2, 0) is 0 Å². The first kappa shape index (κ1) is 12.8. The van der Waals surface area contributed by atoms with Gasteiger partial charge in [0.15, 0.2) is 0 Å². The molecule has 0 saturated heterocycles. The molecule has 2 aromatic rings. The Labute approximate surface area is 111 Å². The second-order valence-electron chi connectivity index (χ2n) is 5.10. The van der Waals surface area contributed by atoms with Gasteiger partial charge in [-0.15, -0.1) is 11.3 Å². The molecule has 0 unspecified atom stereocenters. The van der Waals surface area contributed by atoms with Gasteiger partial charge in [0.2, 0.25) is 0 Å². The van der Waals surface area contributed by atoms with E-state index in [9.17, 15) is 4.79 Å². The first-order chi connectivity index (χ1) is 8.47. The van der Waals surface area contributed by atoms with Gasteiger partial charge in [-0.25, -0.2) is 4.98 Å². The molecular formula is C14H16N2OS. The number of hydrogen-bond donors (Lipinski definition) is 1. The van der Waals surface area contributed by atoms with Crippen LogP contribution in [0, 0.1) is 0 Å². The van der Waals surface area contributed by atoms with Crippen molar-refractivity contribution in [3.05, 3.63) is 41.5 Å². The second kappa shape index (κ2) is 4.90. The maximum absolute atomic E-state index is 12.1. The van der Waals surface area contributed by atoms with E-state index in [-0.39, 0.29) is 11.4 Å². The van der Waals surface area contributed by atoms with Crippen molar-refractivity contribution < 1.29 is 4.79 Å². The molecule has 0 radical (unpaired) electrons. The summed E-state index contributed by atoms with van der Waals surface area (Å²) in [6, 6.07) is 9.85. The third kappa shape index (κ3) is 2.96. The lowest BCUT2D eigenvalue weighted by molar-refractivity contribution is 0.0916. The zero-order valence-electron chi connectivity index (χ0n) is 10.7. The normalized spacial score (nSPS) is 11.3. The van der Waals surface area contributed by atoms with Gasteiger partial charge in [0.1, 0.15) is 5.69 Å². The summed E-state index contributed by atoms with van der Waals surface area (Å²) >= 11 is 1.49. The van der Waals surface area contributed by atoms with E-state index in [1.807, 2.05) is 51.1 Å². The number of aromatic nitrogens is 1. The zero-order chi connectivity index (χ0) is 13.2. The summed E-state index contributed by atoms with van der Waals surface area (Å²) in [5.74, 6) is -0.123. The Hall–Kier alpha value is -1.68. The van der Waals surface area contributed by atoms with E-state index < -0.39 is 0 Å². The Bertz CT molecular complexity index is 540. The van der Waals surface area contributed by atoms with Gasteiger partial charge in [-0.05, 0) is 26.3 Å². The molecule has 0 saturated carbocycles. The number of carbonyl (C=O) groups excluding carboxylic acids is 1. The van der Waals surface area contributed by atoms with Crippen molar-refractivity contribution in [1.29, 1.82) is 0 Å². The Balaban J connectivity index is 2.32. The summed E-state index contributed by atoms with van der Waals surface area (Å²) in [4.78, 5) is 17.2. The Morgan fingerprint density at radius 2 is 1.89 bits per heavy atom.